The summed E-state index contributed by atoms with van der Waals surface area (Å²) in [6, 6.07) is 5.99. The number of hydrogen-bond donors (Lipinski definition) is 0. The van der Waals surface area contributed by atoms with E-state index in [4.69, 9.17) is 21.1 Å². The van der Waals surface area contributed by atoms with Gasteiger partial charge in [0, 0.05) is 31.7 Å². The van der Waals surface area contributed by atoms with E-state index >= 15 is 0 Å². The Kier molecular flexibility index (Phi) is 4.43. The number of fused-ring (bicyclic) bond motifs is 2. The molecule has 1 atom stereocenters. The minimum absolute atomic E-state index is 0.153. The fourth-order valence-electron chi connectivity index (χ4n) is 2.99. The Morgan fingerprint density at radius 1 is 1.35 bits per heavy atom. The van der Waals surface area contributed by atoms with Gasteiger partial charge in [0.05, 0.1) is 11.1 Å². The number of carbonyl (C=O) groups excluding carboxylic acids is 1. The third-order valence-corrected chi connectivity index (χ3v) is 4.40. The lowest BCUT2D eigenvalue weighted by Crippen LogP contribution is -2.56. The van der Waals surface area contributed by atoms with Crippen LogP contribution in [0.2, 0.25) is 5.02 Å². The Hall–Kier alpha value is -1.46. The molecule has 2 heterocycles. The first kappa shape index (κ1) is 16.4. The van der Waals surface area contributed by atoms with Gasteiger partial charge in [-0.3, -0.25) is 4.90 Å². The van der Waals surface area contributed by atoms with Crippen LogP contribution in [0, 0.1) is 0 Å². The van der Waals surface area contributed by atoms with E-state index in [1.807, 2.05) is 39.0 Å². The fourth-order valence-corrected chi connectivity index (χ4v) is 3.24. The second-order valence-electron chi connectivity index (χ2n) is 7.09. The summed E-state index contributed by atoms with van der Waals surface area (Å²) in [6.07, 6.45) is -0.253. The van der Waals surface area contributed by atoms with E-state index in [-0.39, 0.29) is 12.1 Å². The number of piperazine rings is 1. The molecule has 3 rings (SSSR count). The van der Waals surface area contributed by atoms with Gasteiger partial charge >= 0.3 is 6.09 Å². The number of benzene rings is 1. The van der Waals surface area contributed by atoms with Crippen molar-refractivity contribution in [1.82, 2.24) is 9.80 Å². The molecule has 1 aromatic rings. The van der Waals surface area contributed by atoms with Crippen LogP contribution in [0.25, 0.3) is 0 Å². The summed E-state index contributed by atoms with van der Waals surface area (Å²) in [7, 11) is 0. The number of halogens is 1. The Labute approximate surface area is 142 Å². The molecule has 6 heteroatoms. The van der Waals surface area contributed by atoms with Crippen molar-refractivity contribution >= 4 is 17.7 Å². The molecule has 0 spiro atoms. The Morgan fingerprint density at radius 2 is 2.13 bits per heavy atom. The van der Waals surface area contributed by atoms with Gasteiger partial charge in [-0.2, -0.15) is 0 Å². The number of nitrogens with zero attached hydrogens (tertiary/aromatic N) is 2. The van der Waals surface area contributed by atoms with Gasteiger partial charge in [0.25, 0.3) is 0 Å². The van der Waals surface area contributed by atoms with Gasteiger partial charge in [-0.05, 0) is 26.8 Å². The van der Waals surface area contributed by atoms with E-state index in [1.54, 1.807) is 4.90 Å². The van der Waals surface area contributed by atoms with Crippen LogP contribution in [-0.4, -0.2) is 53.8 Å². The van der Waals surface area contributed by atoms with Crippen LogP contribution in [0.1, 0.15) is 26.3 Å². The summed E-state index contributed by atoms with van der Waals surface area (Å²) in [4.78, 5) is 16.4. The molecular weight excluding hydrogens is 316 g/mol. The summed E-state index contributed by atoms with van der Waals surface area (Å²) in [5, 5.41) is 0.645. The molecule has 0 radical (unpaired) electrons. The predicted molar refractivity (Wildman–Crippen MR) is 89.0 cm³/mol. The third-order valence-electron chi connectivity index (χ3n) is 4.10. The van der Waals surface area contributed by atoms with Gasteiger partial charge in [0.15, 0.2) is 0 Å². The van der Waals surface area contributed by atoms with Gasteiger partial charge in [-0.15, -0.1) is 0 Å². The Bertz CT molecular complexity index is 600. The number of amides is 1. The van der Waals surface area contributed by atoms with Crippen LogP contribution < -0.4 is 4.74 Å². The molecule has 0 aromatic heterocycles. The minimum Gasteiger partial charge on any atom is -0.490 e. The molecular formula is C17H23ClN2O3. The average Bonchev–Trinajstić information content (AvgIpc) is 2.64. The predicted octanol–water partition coefficient (Wildman–Crippen LogP) is 3.15. The molecule has 1 fully saturated rings. The molecule has 126 valence electrons. The second kappa shape index (κ2) is 6.21. The zero-order valence-electron chi connectivity index (χ0n) is 13.8. The molecule has 2 aliphatic heterocycles. The average molecular weight is 339 g/mol. The van der Waals surface area contributed by atoms with E-state index < -0.39 is 5.60 Å². The lowest BCUT2D eigenvalue weighted by Gasteiger charge is -2.40. The van der Waals surface area contributed by atoms with E-state index in [9.17, 15) is 4.79 Å². The van der Waals surface area contributed by atoms with Crippen molar-refractivity contribution in [3.63, 3.8) is 0 Å². The monoisotopic (exact) mass is 338 g/mol. The van der Waals surface area contributed by atoms with Crippen LogP contribution >= 0.6 is 11.6 Å². The normalized spacial score (nSPS) is 21.7. The first-order chi connectivity index (χ1) is 10.8. The van der Waals surface area contributed by atoms with E-state index in [0.29, 0.717) is 24.7 Å². The molecule has 1 saturated heterocycles. The first-order valence-electron chi connectivity index (χ1n) is 7.95. The topological polar surface area (TPSA) is 42.0 Å². The number of ether oxygens (including phenoxy) is 2. The van der Waals surface area contributed by atoms with Gasteiger partial charge < -0.3 is 14.4 Å². The van der Waals surface area contributed by atoms with Crippen LogP contribution in [0.3, 0.4) is 0 Å². The van der Waals surface area contributed by atoms with Crippen molar-refractivity contribution < 1.29 is 14.3 Å². The number of carbonyl (C=O) groups is 1. The number of para-hydroxylation sites is 1. The fraction of sp³-hybridized carbons (Fsp3) is 0.588. The maximum absolute atomic E-state index is 12.3. The summed E-state index contributed by atoms with van der Waals surface area (Å²) >= 11 is 6.24. The van der Waals surface area contributed by atoms with Crippen molar-refractivity contribution in [2.75, 3.05) is 26.2 Å². The summed E-state index contributed by atoms with van der Waals surface area (Å²) in [5.74, 6) is 0.771. The smallest absolute Gasteiger partial charge is 0.410 e. The van der Waals surface area contributed by atoms with Crippen LogP contribution in [0.4, 0.5) is 4.79 Å². The van der Waals surface area contributed by atoms with Crippen molar-refractivity contribution in [1.29, 1.82) is 0 Å². The zero-order chi connectivity index (χ0) is 16.6. The van der Waals surface area contributed by atoms with Crippen molar-refractivity contribution in [2.45, 2.75) is 39.0 Å². The van der Waals surface area contributed by atoms with Gasteiger partial charge in [-0.25, -0.2) is 4.79 Å². The van der Waals surface area contributed by atoms with E-state index in [1.165, 1.54) is 0 Å². The highest BCUT2D eigenvalue weighted by Crippen LogP contribution is 2.33. The quantitative estimate of drug-likeness (QED) is 0.728. The lowest BCUT2D eigenvalue weighted by molar-refractivity contribution is -0.00154. The van der Waals surface area contributed by atoms with Crippen molar-refractivity contribution in [3.05, 3.63) is 28.8 Å². The highest BCUT2D eigenvalue weighted by molar-refractivity contribution is 6.32. The van der Waals surface area contributed by atoms with Crippen molar-refractivity contribution in [3.8, 4) is 5.75 Å². The van der Waals surface area contributed by atoms with Gasteiger partial charge in [0.1, 0.15) is 18.0 Å². The summed E-state index contributed by atoms with van der Waals surface area (Å²) in [6.45, 7) is 9.05. The molecule has 1 amide bonds. The Morgan fingerprint density at radius 3 is 2.87 bits per heavy atom. The van der Waals surface area contributed by atoms with E-state index in [0.717, 1.165) is 24.4 Å². The SMILES string of the molecule is CC(C)(C)OC(=O)N1CCN2Cc3cccc(Cl)c3OCC2C1. The molecule has 0 bridgehead atoms. The zero-order valence-corrected chi connectivity index (χ0v) is 14.6. The first-order valence-corrected chi connectivity index (χ1v) is 8.33. The molecule has 2 aliphatic rings. The highest BCUT2D eigenvalue weighted by Gasteiger charge is 2.34. The molecule has 0 N–H and O–H groups in total. The maximum Gasteiger partial charge on any atom is 0.410 e. The molecule has 1 unspecified atom stereocenters. The van der Waals surface area contributed by atoms with Gasteiger partial charge in [-0.1, -0.05) is 23.7 Å². The molecule has 0 aliphatic carbocycles. The maximum atomic E-state index is 12.3. The van der Waals surface area contributed by atoms with Crippen molar-refractivity contribution in [2.24, 2.45) is 0 Å². The third kappa shape index (κ3) is 3.72. The van der Waals surface area contributed by atoms with Gasteiger partial charge in [0.2, 0.25) is 0 Å². The molecule has 5 nitrogen and oxygen atoms in total. The van der Waals surface area contributed by atoms with Crippen LogP contribution in [0.15, 0.2) is 18.2 Å². The molecule has 0 saturated carbocycles. The molecule has 1 aromatic carbocycles. The highest BCUT2D eigenvalue weighted by atomic mass is 35.5. The van der Waals surface area contributed by atoms with E-state index in [2.05, 4.69) is 4.90 Å². The molecule has 23 heavy (non-hydrogen) atoms. The lowest BCUT2D eigenvalue weighted by atomic mass is 10.1. The van der Waals surface area contributed by atoms with Crippen LogP contribution in [0.5, 0.6) is 5.75 Å². The summed E-state index contributed by atoms with van der Waals surface area (Å²) < 4.78 is 11.4. The standard InChI is InChI=1S/C17H23ClN2O3/c1-17(2,3)23-16(21)20-8-7-19-9-12-5-4-6-14(18)15(12)22-11-13(19)10-20/h4-6,13H,7-11H2,1-3H3. The minimum atomic E-state index is -0.474. The summed E-state index contributed by atoms with van der Waals surface area (Å²) in [5.41, 5.74) is 0.628. The second-order valence-corrected chi connectivity index (χ2v) is 7.50. The Balaban J connectivity index is 1.70. The number of hydrogen-bond acceptors (Lipinski definition) is 4. The largest absolute Gasteiger partial charge is 0.490 e. The van der Waals surface area contributed by atoms with Crippen LogP contribution in [-0.2, 0) is 11.3 Å². The number of rotatable bonds is 0.